The Morgan fingerprint density at radius 1 is 1.12 bits per heavy atom. The molecule has 0 bridgehead atoms. The van der Waals surface area contributed by atoms with E-state index >= 15 is 0 Å². The summed E-state index contributed by atoms with van der Waals surface area (Å²) in [7, 11) is 0. The van der Waals surface area contributed by atoms with Crippen LogP contribution in [0.15, 0.2) is 60.7 Å². The number of carbonyl (C=O) groups excluding carboxylic acids is 1. The van der Waals surface area contributed by atoms with Crippen LogP contribution in [0.4, 0.5) is 0 Å². The Kier molecular flexibility index (Phi) is 8.10. The third-order valence-electron chi connectivity index (χ3n) is 4.77. The van der Waals surface area contributed by atoms with E-state index in [1.165, 1.54) is 5.56 Å². The van der Waals surface area contributed by atoms with Gasteiger partial charge in [0.25, 0.3) is 0 Å². The summed E-state index contributed by atoms with van der Waals surface area (Å²) in [6.07, 6.45) is 2.08. The van der Waals surface area contributed by atoms with Crippen LogP contribution in [0.2, 0.25) is 0 Å². The van der Waals surface area contributed by atoms with Gasteiger partial charge in [-0.3, -0.25) is 4.79 Å². The molecule has 1 aliphatic rings. The molecular formula is C21H27ClN2O2. The van der Waals surface area contributed by atoms with E-state index in [-0.39, 0.29) is 30.4 Å². The molecule has 1 heterocycles. The minimum atomic E-state index is -0.268. The van der Waals surface area contributed by atoms with Crippen molar-refractivity contribution in [2.75, 3.05) is 19.8 Å². The molecule has 1 amide bonds. The normalized spacial score (nSPS) is 17.3. The average Bonchev–Trinajstić information content (AvgIpc) is 3.18. The Labute approximate surface area is 161 Å². The highest BCUT2D eigenvalue weighted by Crippen LogP contribution is 2.19. The third kappa shape index (κ3) is 5.56. The predicted molar refractivity (Wildman–Crippen MR) is 106 cm³/mol. The van der Waals surface area contributed by atoms with Crippen molar-refractivity contribution in [3.63, 3.8) is 0 Å². The SMILES string of the molecule is Cl.NC(CC(=O)N(CCc1ccccc1)C1CCOC1)c1ccccc1. The number of amides is 1. The molecule has 0 radical (unpaired) electrons. The molecule has 2 aromatic rings. The van der Waals surface area contributed by atoms with Crippen molar-refractivity contribution in [3.05, 3.63) is 71.8 Å². The topological polar surface area (TPSA) is 55.6 Å². The second-order valence-corrected chi connectivity index (χ2v) is 6.56. The van der Waals surface area contributed by atoms with Crippen LogP contribution in [0.1, 0.15) is 30.0 Å². The molecule has 2 aromatic carbocycles. The molecule has 1 aliphatic heterocycles. The number of hydrogen-bond donors (Lipinski definition) is 1. The number of carbonyl (C=O) groups is 1. The van der Waals surface area contributed by atoms with Gasteiger partial charge in [-0.05, 0) is 24.0 Å². The Morgan fingerprint density at radius 3 is 2.38 bits per heavy atom. The van der Waals surface area contributed by atoms with E-state index in [0.717, 1.165) is 25.0 Å². The first-order chi connectivity index (χ1) is 12.2. The molecule has 2 N–H and O–H groups in total. The Hall–Kier alpha value is -1.88. The average molecular weight is 375 g/mol. The molecule has 26 heavy (non-hydrogen) atoms. The molecule has 4 nitrogen and oxygen atoms in total. The van der Waals surface area contributed by atoms with Crippen molar-refractivity contribution in [3.8, 4) is 0 Å². The zero-order valence-electron chi connectivity index (χ0n) is 14.9. The molecule has 1 fully saturated rings. The van der Waals surface area contributed by atoms with Gasteiger partial charge < -0.3 is 15.4 Å². The number of nitrogens with zero attached hydrogens (tertiary/aromatic N) is 1. The number of hydrogen-bond acceptors (Lipinski definition) is 3. The monoisotopic (exact) mass is 374 g/mol. The van der Waals surface area contributed by atoms with E-state index in [1.807, 2.05) is 53.4 Å². The van der Waals surface area contributed by atoms with Gasteiger partial charge in [-0.1, -0.05) is 60.7 Å². The number of benzene rings is 2. The summed E-state index contributed by atoms with van der Waals surface area (Å²) >= 11 is 0. The number of ether oxygens (including phenoxy) is 1. The minimum absolute atomic E-state index is 0. The van der Waals surface area contributed by atoms with Crippen molar-refractivity contribution in [2.24, 2.45) is 5.73 Å². The van der Waals surface area contributed by atoms with Crippen LogP contribution >= 0.6 is 12.4 Å². The molecule has 2 atom stereocenters. The van der Waals surface area contributed by atoms with Crippen molar-refractivity contribution in [1.29, 1.82) is 0 Å². The molecular weight excluding hydrogens is 348 g/mol. The van der Waals surface area contributed by atoms with Crippen molar-refractivity contribution < 1.29 is 9.53 Å². The summed E-state index contributed by atoms with van der Waals surface area (Å²) in [6, 6.07) is 20.0. The molecule has 2 unspecified atom stereocenters. The van der Waals surface area contributed by atoms with Crippen LogP contribution in [0.3, 0.4) is 0 Å². The van der Waals surface area contributed by atoms with E-state index in [0.29, 0.717) is 19.6 Å². The van der Waals surface area contributed by atoms with Gasteiger partial charge in [0, 0.05) is 25.6 Å². The van der Waals surface area contributed by atoms with E-state index in [2.05, 4.69) is 12.1 Å². The van der Waals surface area contributed by atoms with E-state index in [9.17, 15) is 4.79 Å². The highest BCUT2D eigenvalue weighted by molar-refractivity contribution is 5.85. The van der Waals surface area contributed by atoms with Crippen LogP contribution in [0, 0.1) is 0 Å². The lowest BCUT2D eigenvalue weighted by molar-refractivity contribution is -0.134. The molecule has 1 saturated heterocycles. The Bertz CT molecular complexity index is 660. The summed E-state index contributed by atoms with van der Waals surface area (Å²) in [5.41, 5.74) is 8.50. The van der Waals surface area contributed by atoms with Crippen LogP contribution in [-0.2, 0) is 16.0 Å². The van der Waals surface area contributed by atoms with Crippen LogP contribution < -0.4 is 5.73 Å². The predicted octanol–water partition coefficient (Wildman–Crippen LogP) is 3.36. The number of halogens is 1. The van der Waals surface area contributed by atoms with Gasteiger partial charge >= 0.3 is 0 Å². The summed E-state index contributed by atoms with van der Waals surface area (Å²) in [5, 5.41) is 0. The molecule has 3 rings (SSSR count). The maximum Gasteiger partial charge on any atom is 0.224 e. The molecule has 5 heteroatoms. The van der Waals surface area contributed by atoms with E-state index in [4.69, 9.17) is 10.5 Å². The maximum atomic E-state index is 12.9. The summed E-state index contributed by atoms with van der Waals surface area (Å²) in [5.74, 6) is 0.114. The second-order valence-electron chi connectivity index (χ2n) is 6.56. The van der Waals surface area contributed by atoms with Crippen LogP contribution in [-0.4, -0.2) is 36.6 Å². The summed E-state index contributed by atoms with van der Waals surface area (Å²) in [6.45, 7) is 2.06. The fourth-order valence-electron chi connectivity index (χ4n) is 3.30. The zero-order chi connectivity index (χ0) is 17.5. The van der Waals surface area contributed by atoms with Gasteiger partial charge in [-0.15, -0.1) is 12.4 Å². The molecule has 0 aromatic heterocycles. The smallest absolute Gasteiger partial charge is 0.224 e. The van der Waals surface area contributed by atoms with Crippen LogP contribution in [0.5, 0.6) is 0 Å². The van der Waals surface area contributed by atoms with Gasteiger partial charge in [0.1, 0.15) is 0 Å². The minimum Gasteiger partial charge on any atom is -0.379 e. The standard InChI is InChI=1S/C21H26N2O2.ClH/c22-20(18-9-5-2-6-10-18)15-21(24)23(19-12-14-25-16-19)13-11-17-7-3-1-4-8-17;/h1-10,19-20H,11-16,22H2;1H. The largest absolute Gasteiger partial charge is 0.379 e. The Balaban J connectivity index is 0.00000243. The van der Waals surface area contributed by atoms with E-state index < -0.39 is 0 Å². The molecule has 140 valence electrons. The number of rotatable bonds is 7. The lowest BCUT2D eigenvalue weighted by Crippen LogP contribution is -2.43. The quantitative estimate of drug-likeness (QED) is 0.808. The van der Waals surface area contributed by atoms with Crippen molar-refractivity contribution in [1.82, 2.24) is 4.90 Å². The maximum absolute atomic E-state index is 12.9. The van der Waals surface area contributed by atoms with Gasteiger partial charge in [-0.2, -0.15) is 0 Å². The van der Waals surface area contributed by atoms with Gasteiger partial charge in [0.15, 0.2) is 0 Å². The van der Waals surface area contributed by atoms with Gasteiger partial charge in [0.2, 0.25) is 5.91 Å². The van der Waals surface area contributed by atoms with Gasteiger partial charge in [0.05, 0.1) is 12.6 Å². The zero-order valence-corrected chi connectivity index (χ0v) is 15.7. The summed E-state index contributed by atoms with van der Waals surface area (Å²) in [4.78, 5) is 14.9. The first-order valence-corrected chi connectivity index (χ1v) is 8.95. The molecule has 0 spiro atoms. The molecule has 0 aliphatic carbocycles. The fourth-order valence-corrected chi connectivity index (χ4v) is 3.30. The lowest BCUT2D eigenvalue weighted by atomic mass is 10.0. The first kappa shape index (κ1) is 20.4. The van der Waals surface area contributed by atoms with Crippen molar-refractivity contribution >= 4 is 18.3 Å². The lowest BCUT2D eigenvalue weighted by Gasteiger charge is -2.29. The fraction of sp³-hybridized carbons (Fsp3) is 0.381. The van der Waals surface area contributed by atoms with Crippen molar-refractivity contribution in [2.45, 2.75) is 31.3 Å². The van der Waals surface area contributed by atoms with E-state index in [1.54, 1.807) is 0 Å². The molecule has 0 saturated carbocycles. The Morgan fingerprint density at radius 2 is 1.77 bits per heavy atom. The number of nitrogens with two attached hydrogens (primary N) is 1. The second kappa shape index (κ2) is 10.3. The summed E-state index contributed by atoms with van der Waals surface area (Å²) < 4.78 is 5.50. The highest BCUT2D eigenvalue weighted by atomic mass is 35.5. The van der Waals surface area contributed by atoms with Gasteiger partial charge in [-0.25, -0.2) is 0 Å². The highest BCUT2D eigenvalue weighted by Gasteiger charge is 2.28. The van der Waals surface area contributed by atoms with Crippen LogP contribution in [0.25, 0.3) is 0 Å². The first-order valence-electron chi connectivity index (χ1n) is 8.95. The third-order valence-corrected chi connectivity index (χ3v) is 4.77.